The molecule has 5 N–H and O–H groups in total. The molecule has 1 aliphatic carbocycles. The minimum Gasteiger partial charge on any atom is -0.508 e. The van der Waals surface area contributed by atoms with Crippen LogP contribution in [0.3, 0.4) is 0 Å². The van der Waals surface area contributed by atoms with Gasteiger partial charge in [-0.1, -0.05) is 6.07 Å². The number of hydrogen-bond donors (Lipinski definition) is 4. The Labute approximate surface area is 190 Å². The Morgan fingerprint density at radius 3 is 2.69 bits per heavy atom. The number of rotatable bonds is 6. The third-order valence-electron chi connectivity index (χ3n) is 5.67. The molecular formula is C21H34IN5O2. The first-order valence-corrected chi connectivity index (χ1v) is 10.4. The van der Waals surface area contributed by atoms with Crippen molar-refractivity contribution < 1.29 is 9.90 Å². The number of likely N-dealkylation sites (tertiary alicyclic amines) is 1. The zero-order chi connectivity index (χ0) is 19.9. The lowest BCUT2D eigenvalue weighted by Crippen LogP contribution is -2.49. The number of carbonyl (C=O) groups excluding carboxylic acids is 1. The third-order valence-corrected chi connectivity index (χ3v) is 5.67. The Morgan fingerprint density at radius 1 is 1.28 bits per heavy atom. The SMILES string of the molecule is CCNC(=NCc1c(O)ccc2c1CCCC2)NC1CCN(CC(N)=O)CC1.I. The number of amides is 1. The van der Waals surface area contributed by atoms with E-state index < -0.39 is 0 Å². The normalized spacial score (nSPS) is 17.9. The molecule has 0 bridgehead atoms. The molecule has 0 unspecified atom stereocenters. The van der Waals surface area contributed by atoms with E-state index in [4.69, 9.17) is 10.7 Å². The van der Waals surface area contributed by atoms with Gasteiger partial charge in [0.1, 0.15) is 5.75 Å². The second-order valence-electron chi connectivity index (χ2n) is 7.76. The van der Waals surface area contributed by atoms with Crippen LogP contribution in [0.5, 0.6) is 5.75 Å². The van der Waals surface area contributed by atoms with Crippen LogP contribution in [0.1, 0.15) is 49.3 Å². The number of nitrogens with zero attached hydrogens (tertiary/aromatic N) is 2. The Morgan fingerprint density at radius 2 is 2.00 bits per heavy atom. The topological polar surface area (TPSA) is 103 Å². The summed E-state index contributed by atoms with van der Waals surface area (Å²) in [7, 11) is 0. The van der Waals surface area contributed by atoms with E-state index in [2.05, 4.69) is 28.5 Å². The van der Waals surface area contributed by atoms with Gasteiger partial charge in [0, 0.05) is 31.2 Å². The molecule has 0 radical (unpaired) electrons. The average Bonchev–Trinajstić information content (AvgIpc) is 2.68. The van der Waals surface area contributed by atoms with Crippen molar-refractivity contribution in [1.29, 1.82) is 0 Å². The van der Waals surface area contributed by atoms with Crippen molar-refractivity contribution in [3.63, 3.8) is 0 Å². The lowest BCUT2D eigenvalue weighted by molar-refractivity contribution is -0.119. The fraction of sp³-hybridized carbons (Fsp3) is 0.619. The first-order valence-electron chi connectivity index (χ1n) is 10.4. The standard InChI is InChI=1S/C21H33N5O2.HI/c1-2-23-21(25-16-9-11-26(12-10-16)14-20(22)28)24-13-18-17-6-4-3-5-15(17)7-8-19(18)27;/h7-8,16,27H,2-6,9-14H2,1H3,(H2,22,28)(H2,23,24,25);1H. The van der Waals surface area contributed by atoms with Gasteiger partial charge in [-0.15, -0.1) is 24.0 Å². The smallest absolute Gasteiger partial charge is 0.231 e. The number of primary amides is 1. The van der Waals surface area contributed by atoms with Crippen molar-refractivity contribution in [3.05, 3.63) is 28.8 Å². The molecule has 2 aliphatic rings. The van der Waals surface area contributed by atoms with E-state index >= 15 is 0 Å². The van der Waals surface area contributed by atoms with Crippen LogP contribution in [0, 0.1) is 0 Å². The number of aliphatic imine (C=N–C) groups is 1. The van der Waals surface area contributed by atoms with Crippen molar-refractivity contribution in [2.24, 2.45) is 10.7 Å². The monoisotopic (exact) mass is 515 g/mol. The molecule has 0 spiro atoms. The zero-order valence-electron chi connectivity index (χ0n) is 17.2. The molecule has 1 heterocycles. The summed E-state index contributed by atoms with van der Waals surface area (Å²) in [5, 5.41) is 17.2. The molecule has 0 saturated carbocycles. The Hall–Kier alpha value is -1.55. The van der Waals surface area contributed by atoms with E-state index in [-0.39, 0.29) is 29.9 Å². The molecule has 1 aromatic carbocycles. The highest BCUT2D eigenvalue weighted by molar-refractivity contribution is 14.0. The van der Waals surface area contributed by atoms with E-state index in [0.29, 0.717) is 24.9 Å². The van der Waals surface area contributed by atoms with Gasteiger partial charge in [-0.2, -0.15) is 0 Å². The first-order chi connectivity index (χ1) is 13.6. The molecule has 1 saturated heterocycles. The molecule has 0 aromatic heterocycles. The maximum atomic E-state index is 11.1. The molecule has 3 rings (SSSR count). The van der Waals surface area contributed by atoms with Gasteiger partial charge in [0.25, 0.3) is 0 Å². The summed E-state index contributed by atoms with van der Waals surface area (Å²) < 4.78 is 0. The number of aryl methyl sites for hydroxylation is 1. The third kappa shape index (κ3) is 6.74. The summed E-state index contributed by atoms with van der Waals surface area (Å²) in [6, 6.07) is 4.18. The van der Waals surface area contributed by atoms with Gasteiger partial charge in [0.05, 0.1) is 13.1 Å². The summed E-state index contributed by atoms with van der Waals surface area (Å²) >= 11 is 0. The average molecular weight is 515 g/mol. The highest BCUT2D eigenvalue weighted by Crippen LogP contribution is 2.31. The fourth-order valence-corrected chi connectivity index (χ4v) is 4.20. The Balaban J connectivity index is 0.00000300. The number of phenols is 1. The number of phenolic OH excluding ortho intramolecular Hbond substituents is 1. The number of aromatic hydroxyl groups is 1. The molecule has 1 aliphatic heterocycles. The van der Waals surface area contributed by atoms with Gasteiger partial charge in [-0.25, -0.2) is 4.99 Å². The maximum absolute atomic E-state index is 11.1. The molecule has 8 heteroatoms. The Kier molecular flexibility index (Phi) is 9.48. The maximum Gasteiger partial charge on any atom is 0.231 e. The summed E-state index contributed by atoms with van der Waals surface area (Å²) in [4.78, 5) is 17.9. The molecule has 1 fully saturated rings. The van der Waals surface area contributed by atoms with Crippen LogP contribution in [0.4, 0.5) is 0 Å². The molecule has 7 nitrogen and oxygen atoms in total. The highest BCUT2D eigenvalue weighted by Gasteiger charge is 2.21. The lowest BCUT2D eigenvalue weighted by atomic mass is 9.88. The number of benzene rings is 1. The summed E-state index contributed by atoms with van der Waals surface area (Å²) in [5.41, 5.74) is 8.89. The van der Waals surface area contributed by atoms with Crippen LogP contribution in [0.2, 0.25) is 0 Å². The van der Waals surface area contributed by atoms with E-state index in [1.165, 1.54) is 24.0 Å². The predicted octanol–water partition coefficient (Wildman–Crippen LogP) is 1.89. The number of nitrogens with two attached hydrogens (primary N) is 1. The van der Waals surface area contributed by atoms with Crippen LogP contribution >= 0.6 is 24.0 Å². The highest BCUT2D eigenvalue weighted by atomic mass is 127. The number of hydrogen-bond acceptors (Lipinski definition) is 4. The van der Waals surface area contributed by atoms with Gasteiger partial charge < -0.3 is 21.5 Å². The van der Waals surface area contributed by atoms with E-state index in [9.17, 15) is 9.90 Å². The van der Waals surface area contributed by atoms with Gasteiger partial charge in [-0.05, 0) is 62.6 Å². The van der Waals surface area contributed by atoms with Crippen LogP contribution in [-0.4, -0.2) is 54.1 Å². The summed E-state index contributed by atoms with van der Waals surface area (Å²) in [6.07, 6.45) is 6.41. The molecular weight excluding hydrogens is 481 g/mol. The van der Waals surface area contributed by atoms with Crippen LogP contribution in [0.15, 0.2) is 17.1 Å². The van der Waals surface area contributed by atoms with E-state index in [0.717, 1.165) is 56.8 Å². The quantitative estimate of drug-likeness (QED) is 0.263. The minimum atomic E-state index is -0.271. The van der Waals surface area contributed by atoms with Crippen LogP contribution in [-0.2, 0) is 24.2 Å². The van der Waals surface area contributed by atoms with Gasteiger partial charge in [0.15, 0.2) is 5.96 Å². The molecule has 1 aromatic rings. The van der Waals surface area contributed by atoms with Crippen molar-refractivity contribution in [2.45, 2.75) is 58.0 Å². The number of piperidine rings is 1. The predicted molar refractivity (Wildman–Crippen MR) is 127 cm³/mol. The lowest BCUT2D eigenvalue weighted by Gasteiger charge is -2.32. The first kappa shape index (κ1) is 23.7. The number of fused-ring (bicyclic) bond motifs is 1. The molecule has 1 amide bonds. The molecule has 0 atom stereocenters. The minimum absolute atomic E-state index is 0. The summed E-state index contributed by atoms with van der Waals surface area (Å²) in [6.45, 7) is 5.35. The van der Waals surface area contributed by atoms with E-state index in [1.807, 2.05) is 6.07 Å². The number of carbonyl (C=O) groups is 1. The van der Waals surface area contributed by atoms with E-state index in [1.54, 1.807) is 0 Å². The zero-order valence-corrected chi connectivity index (χ0v) is 19.6. The van der Waals surface area contributed by atoms with Gasteiger partial charge >= 0.3 is 0 Å². The van der Waals surface area contributed by atoms with Crippen molar-refractivity contribution in [2.75, 3.05) is 26.2 Å². The number of nitrogens with one attached hydrogen (secondary N) is 2. The van der Waals surface area contributed by atoms with Crippen molar-refractivity contribution in [3.8, 4) is 5.75 Å². The van der Waals surface area contributed by atoms with Crippen molar-refractivity contribution in [1.82, 2.24) is 15.5 Å². The second-order valence-corrected chi connectivity index (χ2v) is 7.76. The number of halogens is 1. The largest absolute Gasteiger partial charge is 0.508 e. The van der Waals surface area contributed by atoms with Crippen molar-refractivity contribution >= 4 is 35.8 Å². The van der Waals surface area contributed by atoms with Crippen LogP contribution < -0.4 is 16.4 Å². The molecule has 162 valence electrons. The Bertz CT molecular complexity index is 717. The fourth-order valence-electron chi connectivity index (χ4n) is 4.20. The van der Waals surface area contributed by atoms with Crippen LogP contribution in [0.25, 0.3) is 0 Å². The molecule has 29 heavy (non-hydrogen) atoms. The summed E-state index contributed by atoms with van der Waals surface area (Å²) in [5.74, 6) is 0.857. The van der Waals surface area contributed by atoms with Gasteiger partial charge in [0.2, 0.25) is 5.91 Å². The van der Waals surface area contributed by atoms with Gasteiger partial charge in [-0.3, -0.25) is 9.69 Å². The number of guanidine groups is 1. The second kappa shape index (κ2) is 11.6.